The Bertz CT molecular complexity index is 451. The molecule has 1 heterocycles. The summed E-state index contributed by atoms with van der Waals surface area (Å²) in [6.45, 7) is 0. The number of hydrogen-bond donors (Lipinski definition) is 1. The van der Waals surface area contributed by atoms with E-state index in [0.717, 1.165) is 24.0 Å². The maximum absolute atomic E-state index is 11.1. The van der Waals surface area contributed by atoms with Crippen LogP contribution in [0.4, 0.5) is 0 Å². The van der Waals surface area contributed by atoms with Gasteiger partial charge in [-0.05, 0) is 42.0 Å². The molecular weight excluding hydrogens is 210 g/mol. The quantitative estimate of drug-likeness (QED) is 0.871. The molecule has 86 valence electrons. The summed E-state index contributed by atoms with van der Waals surface area (Å²) in [5.41, 5.74) is 1.08. The lowest BCUT2D eigenvalue weighted by Crippen LogP contribution is -2.29. The van der Waals surface area contributed by atoms with Crippen LogP contribution in [0.2, 0.25) is 0 Å². The molecule has 1 aliphatic carbocycles. The monoisotopic (exact) mass is 225 g/mol. The molecule has 1 unspecified atom stereocenters. The summed E-state index contributed by atoms with van der Waals surface area (Å²) in [6.07, 6.45) is 5.67. The maximum Gasteiger partial charge on any atom is 0.117 e. The number of aliphatic hydroxyl groups is 1. The zero-order valence-electron chi connectivity index (χ0n) is 9.58. The average molecular weight is 225 g/mol. The molecule has 0 saturated heterocycles. The van der Waals surface area contributed by atoms with Gasteiger partial charge in [-0.15, -0.1) is 0 Å². The van der Waals surface area contributed by atoms with Crippen LogP contribution in [-0.2, 0) is 5.60 Å². The summed E-state index contributed by atoms with van der Waals surface area (Å²) in [5, 5.41) is 11.1. The molecule has 2 heteroatoms. The zero-order chi connectivity index (χ0) is 11.7. The minimum absolute atomic E-state index is 0.340. The molecule has 1 aromatic carbocycles. The molecule has 3 rings (SSSR count). The lowest BCUT2D eigenvalue weighted by molar-refractivity contribution is 0.0563. The van der Waals surface area contributed by atoms with Gasteiger partial charge in [-0.2, -0.15) is 0 Å². The summed E-state index contributed by atoms with van der Waals surface area (Å²) >= 11 is 0. The van der Waals surface area contributed by atoms with Crippen molar-refractivity contribution in [3.8, 4) is 0 Å². The van der Waals surface area contributed by atoms with Crippen LogP contribution in [0.5, 0.6) is 0 Å². The summed E-state index contributed by atoms with van der Waals surface area (Å²) in [4.78, 5) is 4.02. The molecule has 0 radical (unpaired) electrons. The topological polar surface area (TPSA) is 33.1 Å². The number of nitrogens with zero attached hydrogens (tertiary/aromatic N) is 1. The third-order valence-corrected chi connectivity index (χ3v) is 3.50. The first-order chi connectivity index (χ1) is 8.32. The van der Waals surface area contributed by atoms with Crippen molar-refractivity contribution < 1.29 is 5.11 Å². The standard InChI is InChI=1S/C15H15NO/c17-15(13-6-7-13,12-4-2-1-3-5-12)14-8-10-16-11-9-14/h1-5,8-11,13,17H,6-7H2. The van der Waals surface area contributed by atoms with Gasteiger partial charge in [-0.3, -0.25) is 4.98 Å². The van der Waals surface area contributed by atoms with E-state index < -0.39 is 5.60 Å². The van der Waals surface area contributed by atoms with Crippen molar-refractivity contribution >= 4 is 0 Å². The van der Waals surface area contributed by atoms with Crippen LogP contribution >= 0.6 is 0 Å². The Morgan fingerprint density at radius 1 is 0.941 bits per heavy atom. The first-order valence-electron chi connectivity index (χ1n) is 6.00. The highest BCUT2D eigenvalue weighted by atomic mass is 16.3. The van der Waals surface area contributed by atoms with E-state index in [4.69, 9.17) is 0 Å². The predicted octanol–water partition coefficient (Wildman–Crippen LogP) is 2.73. The van der Waals surface area contributed by atoms with Crippen LogP contribution in [0.25, 0.3) is 0 Å². The van der Waals surface area contributed by atoms with E-state index in [1.165, 1.54) is 0 Å². The van der Waals surface area contributed by atoms with E-state index in [1.54, 1.807) is 12.4 Å². The van der Waals surface area contributed by atoms with Crippen LogP contribution in [0.3, 0.4) is 0 Å². The lowest BCUT2D eigenvalue weighted by Gasteiger charge is -2.29. The molecule has 1 N–H and O–H groups in total. The second-order valence-corrected chi connectivity index (χ2v) is 4.64. The summed E-state index contributed by atoms with van der Waals surface area (Å²) in [6, 6.07) is 13.7. The van der Waals surface area contributed by atoms with E-state index in [1.807, 2.05) is 42.5 Å². The molecule has 17 heavy (non-hydrogen) atoms. The highest BCUT2D eigenvalue weighted by Crippen LogP contribution is 2.49. The minimum atomic E-state index is -0.843. The van der Waals surface area contributed by atoms with E-state index >= 15 is 0 Å². The highest BCUT2D eigenvalue weighted by molar-refractivity contribution is 5.37. The zero-order valence-corrected chi connectivity index (χ0v) is 9.58. The van der Waals surface area contributed by atoms with Gasteiger partial charge in [0, 0.05) is 12.4 Å². The molecular formula is C15H15NO. The third kappa shape index (κ3) is 1.75. The van der Waals surface area contributed by atoms with E-state index in [2.05, 4.69) is 4.98 Å². The van der Waals surface area contributed by atoms with Crippen molar-refractivity contribution in [3.05, 3.63) is 66.0 Å². The van der Waals surface area contributed by atoms with Crippen molar-refractivity contribution in [1.82, 2.24) is 4.98 Å². The van der Waals surface area contributed by atoms with Crippen LogP contribution in [0.15, 0.2) is 54.9 Å². The Balaban J connectivity index is 2.11. The third-order valence-electron chi connectivity index (χ3n) is 3.50. The second kappa shape index (κ2) is 3.97. The summed E-state index contributed by atoms with van der Waals surface area (Å²) < 4.78 is 0. The predicted molar refractivity (Wildman–Crippen MR) is 66.4 cm³/mol. The Morgan fingerprint density at radius 2 is 1.53 bits per heavy atom. The first kappa shape index (κ1) is 10.5. The van der Waals surface area contributed by atoms with Gasteiger partial charge in [0.2, 0.25) is 0 Å². The Morgan fingerprint density at radius 3 is 2.12 bits per heavy atom. The fourth-order valence-electron chi connectivity index (χ4n) is 2.44. The lowest BCUT2D eigenvalue weighted by atomic mass is 9.83. The van der Waals surface area contributed by atoms with Crippen molar-refractivity contribution in [2.24, 2.45) is 5.92 Å². The van der Waals surface area contributed by atoms with Gasteiger partial charge >= 0.3 is 0 Å². The number of hydrogen-bond acceptors (Lipinski definition) is 2. The molecule has 2 aromatic rings. The average Bonchev–Trinajstić information content (AvgIpc) is 3.24. The molecule has 2 nitrogen and oxygen atoms in total. The normalized spacial score (nSPS) is 18.6. The summed E-state index contributed by atoms with van der Waals surface area (Å²) in [5.74, 6) is 0.340. The molecule has 1 saturated carbocycles. The van der Waals surface area contributed by atoms with E-state index in [-0.39, 0.29) is 0 Å². The Labute approximate surface area is 101 Å². The van der Waals surface area contributed by atoms with Gasteiger partial charge in [0.25, 0.3) is 0 Å². The summed E-state index contributed by atoms with van der Waals surface area (Å²) in [7, 11) is 0. The van der Waals surface area contributed by atoms with Crippen LogP contribution in [0, 0.1) is 5.92 Å². The number of benzene rings is 1. The molecule has 1 atom stereocenters. The molecule has 1 aromatic heterocycles. The van der Waals surface area contributed by atoms with Crippen molar-refractivity contribution in [3.63, 3.8) is 0 Å². The molecule has 0 amide bonds. The van der Waals surface area contributed by atoms with Crippen LogP contribution in [-0.4, -0.2) is 10.1 Å². The van der Waals surface area contributed by atoms with E-state index in [0.29, 0.717) is 5.92 Å². The van der Waals surface area contributed by atoms with Crippen molar-refractivity contribution in [2.45, 2.75) is 18.4 Å². The number of aromatic nitrogens is 1. The number of pyridine rings is 1. The Kier molecular flexibility index (Phi) is 2.45. The number of rotatable bonds is 3. The van der Waals surface area contributed by atoms with Gasteiger partial charge in [-0.1, -0.05) is 30.3 Å². The fraction of sp³-hybridized carbons (Fsp3) is 0.267. The molecule has 0 bridgehead atoms. The van der Waals surface area contributed by atoms with Crippen molar-refractivity contribution in [2.75, 3.05) is 0 Å². The smallest absolute Gasteiger partial charge is 0.117 e. The van der Waals surface area contributed by atoms with Gasteiger partial charge in [-0.25, -0.2) is 0 Å². The van der Waals surface area contributed by atoms with Gasteiger partial charge in [0.1, 0.15) is 5.60 Å². The second-order valence-electron chi connectivity index (χ2n) is 4.64. The van der Waals surface area contributed by atoms with Gasteiger partial charge in [0.05, 0.1) is 0 Å². The van der Waals surface area contributed by atoms with Crippen LogP contribution < -0.4 is 0 Å². The van der Waals surface area contributed by atoms with E-state index in [9.17, 15) is 5.11 Å². The SMILES string of the molecule is OC(c1ccccc1)(c1ccncc1)C1CC1. The molecule has 1 aliphatic rings. The molecule has 0 aliphatic heterocycles. The fourth-order valence-corrected chi connectivity index (χ4v) is 2.44. The maximum atomic E-state index is 11.1. The van der Waals surface area contributed by atoms with Gasteiger partial charge < -0.3 is 5.11 Å². The minimum Gasteiger partial charge on any atom is -0.380 e. The molecule has 1 fully saturated rings. The van der Waals surface area contributed by atoms with Crippen LogP contribution in [0.1, 0.15) is 24.0 Å². The Hall–Kier alpha value is -1.67. The largest absolute Gasteiger partial charge is 0.380 e. The first-order valence-corrected chi connectivity index (χ1v) is 6.00. The highest BCUT2D eigenvalue weighted by Gasteiger charge is 2.46. The van der Waals surface area contributed by atoms with Gasteiger partial charge in [0.15, 0.2) is 0 Å². The molecule has 0 spiro atoms. The van der Waals surface area contributed by atoms with Crippen molar-refractivity contribution in [1.29, 1.82) is 0 Å².